The summed E-state index contributed by atoms with van der Waals surface area (Å²) in [6, 6.07) is 6.15. The number of fused-ring (bicyclic) bond motifs is 1. The van der Waals surface area contributed by atoms with Crippen LogP contribution < -0.4 is 5.56 Å². The van der Waals surface area contributed by atoms with E-state index in [1.54, 1.807) is 12.1 Å². The van der Waals surface area contributed by atoms with E-state index < -0.39 is 4.92 Å². The van der Waals surface area contributed by atoms with Crippen LogP contribution in [0.4, 0.5) is 5.69 Å². The van der Waals surface area contributed by atoms with Crippen molar-refractivity contribution in [3.8, 4) is 0 Å². The van der Waals surface area contributed by atoms with Gasteiger partial charge < -0.3 is 4.98 Å². The normalized spacial score (nSPS) is 10.6. The smallest absolute Gasteiger partial charge is 0.270 e. The summed E-state index contributed by atoms with van der Waals surface area (Å²) >= 11 is 0. The minimum atomic E-state index is -0.440. The number of H-pyrrole nitrogens is 1. The Balaban J connectivity index is 2.64. The third-order valence-corrected chi connectivity index (χ3v) is 2.63. The first-order valence-corrected chi connectivity index (χ1v) is 5.42. The minimum Gasteiger partial charge on any atom is -0.322 e. The third kappa shape index (κ3) is 2.18. The highest BCUT2D eigenvalue weighted by molar-refractivity contribution is 5.81. The summed E-state index contributed by atoms with van der Waals surface area (Å²) in [7, 11) is 0. The molecule has 0 aliphatic heterocycles. The third-order valence-electron chi connectivity index (χ3n) is 2.63. The maximum absolute atomic E-state index is 11.7. The summed E-state index contributed by atoms with van der Waals surface area (Å²) in [5, 5.41) is 11.4. The van der Waals surface area contributed by atoms with Crippen LogP contribution in [0.15, 0.2) is 29.1 Å². The first-order valence-electron chi connectivity index (χ1n) is 5.42. The predicted molar refractivity (Wildman–Crippen MR) is 65.2 cm³/mol. The molecule has 2 aromatic rings. The number of hydrogen-bond donors (Lipinski definition) is 1. The Hall–Kier alpha value is -2.17. The van der Waals surface area contributed by atoms with Crippen LogP contribution in [-0.4, -0.2) is 9.91 Å². The van der Waals surface area contributed by atoms with Crippen LogP contribution in [0.5, 0.6) is 0 Å². The van der Waals surface area contributed by atoms with Gasteiger partial charge in [-0.05, 0) is 18.6 Å². The van der Waals surface area contributed by atoms with Crippen LogP contribution in [0.1, 0.15) is 18.9 Å². The van der Waals surface area contributed by atoms with Gasteiger partial charge in [0.2, 0.25) is 0 Å². The molecule has 0 saturated carbocycles. The average molecular weight is 232 g/mol. The lowest BCUT2D eigenvalue weighted by molar-refractivity contribution is -0.384. The Kier molecular flexibility index (Phi) is 2.91. The van der Waals surface area contributed by atoms with Crippen molar-refractivity contribution in [3.63, 3.8) is 0 Å². The molecular formula is C12H12N2O3. The number of non-ortho nitro benzene ring substituents is 1. The van der Waals surface area contributed by atoms with Gasteiger partial charge in [-0.25, -0.2) is 0 Å². The van der Waals surface area contributed by atoms with Gasteiger partial charge in [0.15, 0.2) is 0 Å². The van der Waals surface area contributed by atoms with E-state index >= 15 is 0 Å². The zero-order valence-electron chi connectivity index (χ0n) is 9.40. The number of nitrogens with one attached hydrogen (secondary N) is 1. The molecule has 0 bridgehead atoms. The lowest BCUT2D eigenvalue weighted by Crippen LogP contribution is -2.11. The molecule has 0 spiro atoms. The van der Waals surface area contributed by atoms with Crippen molar-refractivity contribution in [2.24, 2.45) is 0 Å². The van der Waals surface area contributed by atoms with Crippen LogP contribution in [0.3, 0.4) is 0 Å². The van der Waals surface area contributed by atoms with E-state index in [1.807, 2.05) is 6.92 Å². The molecule has 0 unspecified atom stereocenters. The number of benzene rings is 1. The molecule has 0 aliphatic carbocycles. The Morgan fingerprint density at radius 3 is 2.76 bits per heavy atom. The molecule has 2 rings (SSSR count). The van der Waals surface area contributed by atoms with E-state index in [0.717, 1.165) is 6.42 Å². The molecule has 0 fully saturated rings. The molecular weight excluding hydrogens is 220 g/mol. The maximum Gasteiger partial charge on any atom is 0.270 e. The quantitative estimate of drug-likeness (QED) is 0.652. The zero-order valence-corrected chi connectivity index (χ0v) is 9.40. The van der Waals surface area contributed by atoms with Crippen LogP contribution in [0.2, 0.25) is 0 Å². The molecule has 1 aromatic heterocycles. The molecule has 0 aliphatic rings. The van der Waals surface area contributed by atoms with Crippen molar-refractivity contribution in [3.05, 3.63) is 50.3 Å². The van der Waals surface area contributed by atoms with Crippen molar-refractivity contribution < 1.29 is 4.92 Å². The fourth-order valence-electron chi connectivity index (χ4n) is 1.81. The molecule has 17 heavy (non-hydrogen) atoms. The van der Waals surface area contributed by atoms with Gasteiger partial charge in [0.25, 0.3) is 11.2 Å². The van der Waals surface area contributed by atoms with Crippen molar-refractivity contribution >= 4 is 16.6 Å². The molecule has 0 radical (unpaired) electrons. The van der Waals surface area contributed by atoms with Gasteiger partial charge in [0.1, 0.15) is 0 Å². The summed E-state index contributed by atoms with van der Waals surface area (Å²) in [4.78, 5) is 24.6. The number of aryl methyl sites for hydroxylation is 1. The SMILES string of the molecule is CCCc1cc2cc([N+](=O)[O-])ccc2[nH]c1=O. The van der Waals surface area contributed by atoms with Gasteiger partial charge in [-0.15, -0.1) is 0 Å². The van der Waals surface area contributed by atoms with Crippen LogP contribution in [0.25, 0.3) is 10.9 Å². The van der Waals surface area contributed by atoms with Gasteiger partial charge in [-0.2, -0.15) is 0 Å². The van der Waals surface area contributed by atoms with Crippen LogP contribution in [-0.2, 0) is 6.42 Å². The second-order valence-electron chi connectivity index (χ2n) is 3.90. The second-order valence-corrected chi connectivity index (χ2v) is 3.90. The number of hydrogen-bond acceptors (Lipinski definition) is 3. The topological polar surface area (TPSA) is 76.0 Å². The fraction of sp³-hybridized carbons (Fsp3) is 0.250. The van der Waals surface area contributed by atoms with Gasteiger partial charge >= 0.3 is 0 Å². The number of aromatic amines is 1. The molecule has 1 heterocycles. The molecule has 5 nitrogen and oxygen atoms in total. The first-order chi connectivity index (χ1) is 8.11. The summed E-state index contributed by atoms with van der Waals surface area (Å²) < 4.78 is 0. The number of aromatic nitrogens is 1. The zero-order chi connectivity index (χ0) is 12.4. The first kappa shape index (κ1) is 11.3. The molecule has 1 N–H and O–H groups in total. The Morgan fingerprint density at radius 2 is 2.12 bits per heavy atom. The van der Waals surface area contributed by atoms with E-state index in [-0.39, 0.29) is 11.2 Å². The van der Waals surface area contributed by atoms with Crippen LogP contribution in [0, 0.1) is 10.1 Å². The van der Waals surface area contributed by atoms with Gasteiger partial charge in [0, 0.05) is 28.6 Å². The molecule has 0 atom stereocenters. The molecule has 0 saturated heterocycles. The lowest BCUT2D eigenvalue weighted by Gasteiger charge is -2.01. The van der Waals surface area contributed by atoms with Crippen LogP contribution >= 0.6 is 0 Å². The number of nitro benzene ring substituents is 1. The van der Waals surface area contributed by atoms with E-state index in [9.17, 15) is 14.9 Å². The monoisotopic (exact) mass is 232 g/mol. The minimum absolute atomic E-state index is 0.0343. The van der Waals surface area contributed by atoms with Gasteiger partial charge in [-0.3, -0.25) is 14.9 Å². The molecule has 1 aromatic carbocycles. The second kappa shape index (κ2) is 4.37. The van der Waals surface area contributed by atoms with Gasteiger partial charge in [0.05, 0.1) is 4.92 Å². The number of nitrogens with zero attached hydrogens (tertiary/aromatic N) is 1. The number of rotatable bonds is 3. The Labute approximate surface area is 97.2 Å². The maximum atomic E-state index is 11.7. The molecule has 88 valence electrons. The number of pyridine rings is 1. The highest BCUT2D eigenvalue weighted by Gasteiger charge is 2.08. The van der Waals surface area contributed by atoms with E-state index in [1.165, 1.54) is 12.1 Å². The van der Waals surface area contributed by atoms with Crippen molar-refractivity contribution in [2.75, 3.05) is 0 Å². The average Bonchev–Trinajstić information content (AvgIpc) is 2.29. The summed E-state index contributed by atoms with van der Waals surface area (Å²) in [6.07, 6.45) is 1.54. The number of nitro groups is 1. The van der Waals surface area contributed by atoms with Gasteiger partial charge in [-0.1, -0.05) is 13.3 Å². The lowest BCUT2D eigenvalue weighted by atomic mass is 10.1. The predicted octanol–water partition coefficient (Wildman–Crippen LogP) is 2.39. The summed E-state index contributed by atoms with van der Waals surface area (Å²) in [5.41, 5.74) is 1.21. The molecule has 0 amide bonds. The van der Waals surface area contributed by atoms with E-state index in [2.05, 4.69) is 4.98 Å². The summed E-state index contributed by atoms with van der Waals surface area (Å²) in [6.45, 7) is 1.98. The fourth-order valence-corrected chi connectivity index (χ4v) is 1.81. The van der Waals surface area contributed by atoms with E-state index in [4.69, 9.17) is 0 Å². The summed E-state index contributed by atoms with van der Waals surface area (Å²) in [5.74, 6) is 0. The van der Waals surface area contributed by atoms with Crippen molar-refractivity contribution in [2.45, 2.75) is 19.8 Å². The van der Waals surface area contributed by atoms with Crippen molar-refractivity contribution in [1.29, 1.82) is 0 Å². The standard InChI is InChI=1S/C12H12N2O3/c1-2-3-8-6-9-7-10(14(16)17)4-5-11(9)13-12(8)15/h4-7H,2-3H2,1H3,(H,13,15). The molecule has 5 heteroatoms. The van der Waals surface area contributed by atoms with E-state index in [0.29, 0.717) is 22.9 Å². The Morgan fingerprint density at radius 1 is 1.35 bits per heavy atom. The largest absolute Gasteiger partial charge is 0.322 e. The highest BCUT2D eigenvalue weighted by atomic mass is 16.6. The highest BCUT2D eigenvalue weighted by Crippen LogP contribution is 2.19. The Bertz CT molecular complexity index is 631. The van der Waals surface area contributed by atoms with Crippen molar-refractivity contribution in [1.82, 2.24) is 4.98 Å².